The maximum atomic E-state index is 13.7. The summed E-state index contributed by atoms with van der Waals surface area (Å²) in [6.45, 7) is -0.491. The van der Waals surface area contributed by atoms with Gasteiger partial charge in [0.2, 0.25) is 0 Å². The third kappa shape index (κ3) is 4.24. The molecule has 1 heterocycles. The maximum absolute atomic E-state index is 13.7. The first kappa shape index (κ1) is 19.5. The molecule has 0 amide bonds. The number of likely N-dealkylation sites (N-methyl/N-ethyl adjacent to an activating group) is 1. The zero-order valence-corrected chi connectivity index (χ0v) is 13.6. The summed E-state index contributed by atoms with van der Waals surface area (Å²) in [4.78, 5) is 1.65. The standard InChI is InChI=1S/C8H11Cl3F4N2O3S/c1-16-2-4-17(5-3-16)21(18,19)7(14,15)6(12,13)20-8(9,10)11/h2-5H2,1H3. The van der Waals surface area contributed by atoms with Gasteiger partial charge in [0.05, 0.1) is 0 Å². The minimum absolute atomic E-state index is 0.117. The fraction of sp³-hybridized carbons (Fsp3) is 1.00. The topological polar surface area (TPSA) is 49.9 Å². The van der Waals surface area contributed by atoms with Gasteiger partial charge in [-0.25, -0.2) is 8.42 Å². The number of alkyl halides is 7. The van der Waals surface area contributed by atoms with E-state index >= 15 is 0 Å². The van der Waals surface area contributed by atoms with Crippen molar-refractivity contribution >= 4 is 44.8 Å². The lowest BCUT2D eigenvalue weighted by Crippen LogP contribution is -2.58. The second-order valence-corrected chi connectivity index (χ2v) is 8.45. The van der Waals surface area contributed by atoms with E-state index in [2.05, 4.69) is 4.74 Å². The van der Waals surface area contributed by atoms with Crippen LogP contribution in [0.4, 0.5) is 17.6 Å². The highest BCUT2D eigenvalue weighted by Gasteiger charge is 2.70. The normalized spacial score (nSPS) is 20.8. The van der Waals surface area contributed by atoms with E-state index in [0.717, 1.165) is 0 Å². The van der Waals surface area contributed by atoms with Crippen molar-refractivity contribution in [1.29, 1.82) is 0 Å². The van der Waals surface area contributed by atoms with Gasteiger partial charge in [0.1, 0.15) is 0 Å². The highest BCUT2D eigenvalue weighted by Crippen LogP contribution is 2.46. The zero-order chi connectivity index (χ0) is 16.7. The fourth-order valence-electron chi connectivity index (χ4n) is 1.55. The number of nitrogens with zero attached hydrogens (tertiary/aromatic N) is 2. The molecular formula is C8H11Cl3F4N2O3S. The Balaban J connectivity index is 3.04. The molecule has 1 rings (SSSR count). The van der Waals surface area contributed by atoms with Gasteiger partial charge in [0.25, 0.3) is 10.0 Å². The van der Waals surface area contributed by atoms with Crippen LogP contribution in [0.2, 0.25) is 0 Å². The van der Waals surface area contributed by atoms with Crippen molar-refractivity contribution in [3.05, 3.63) is 0 Å². The molecule has 0 spiro atoms. The second-order valence-electron chi connectivity index (χ2n) is 4.29. The summed E-state index contributed by atoms with van der Waals surface area (Å²) in [5.41, 5.74) is 0. The molecule has 13 heteroatoms. The summed E-state index contributed by atoms with van der Waals surface area (Å²) in [5, 5.41) is -5.58. The lowest BCUT2D eigenvalue weighted by molar-refractivity contribution is -0.321. The summed E-state index contributed by atoms with van der Waals surface area (Å²) in [6, 6.07) is 0. The molecule has 0 atom stereocenters. The van der Waals surface area contributed by atoms with E-state index in [1.807, 2.05) is 0 Å². The quantitative estimate of drug-likeness (QED) is 0.538. The van der Waals surface area contributed by atoms with Crippen LogP contribution in [0.15, 0.2) is 0 Å². The predicted octanol–water partition coefficient (Wildman–Crippen LogP) is 2.09. The van der Waals surface area contributed by atoms with Crippen LogP contribution in [-0.2, 0) is 14.8 Å². The number of piperazine rings is 1. The van der Waals surface area contributed by atoms with Crippen LogP contribution < -0.4 is 0 Å². The Kier molecular flexibility index (Phi) is 5.69. The second kappa shape index (κ2) is 6.14. The van der Waals surface area contributed by atoms with E-state index in [-0.39, 0.29) is 30.5 Å². The van der Waals surface area contributed by atoms with Crippen molar-refractivity contribution in [3.63, 3.8) is 0 Å². The minimum Gasteiger partial charge on any atom is -0.304 e. The van der Waals surface area contributed by atoms with Gasteiger partial charge in [-0.05, 0) is 7.05 Å². The number of ether oxygens (including phenoxy) is 1. The van der Waals surface area contributed by atoms with E-state index in [1.54, 1.807) is 11.9 Å². The van der Waals surface area contributed by atoms with Crippen LogP contribution in [0.5, 0.6) is 0 Å². The molecule has 1 saturated heterocycles. The van der Waals surface area contributed by atoms with Crippen LogP contribution in [0, 0.1) is 0 Å². The summed E-state index contributed by atoms with van der Waals surface area (Å²) < 4.78 is 77.9. The highest BCUT2D eigenvalue weighted by atomic mass is 35.6. The Morgan fingerprint density at radius 1 is 1.00 bits per heavy atom. The first-order valence-corrected chi connectivity index (χ1v) is 7.99. The van der Waals surface area contributed by atoms with Crippen molar-refractivity contribution in [3.8, 4) is 0 Å². The van der Waals surface area contributed by atoms with Gasteiger partial charge in [-0.2, -0.15) is 21.9 Å². The summed E-state index contributed by atoms with van der Waals surface area (Å²) in [7, 11) is -4.07. The van der Waals surface area contributed by atoms with Crippen LogP contribution in [0.1, 0.15) is 0 Å². The number of halogens is 7. The zero-order valence-electron chi connectivity index (χ0n) is 10.5. The third-order valence-corrected chi connectivity index (χ3v) is 4.87. The van der Waals surface area contributed by atoms with E-state index in [4.69, 9.17) is 34.8 Å². The number of rotatable bonds is 4. The predicted molar refractivity (Wildman–Crippen MR) is 69.3 cm³/mol. The minimum atomic E-state index is -5.69. The molecule has 0 aromatic rings. The van der Waals surface area contributed by atoms with Crippen LogP contribution in [-0.4, -0.2) is 66.2 Å². The number of sulfonamides is 1. The van der Waals surface area contributed by atoms with E-state index in [1.165, 1.54) is 0 Å². The molecule has 0 aromatic carbocycles. The van der Waals surface area contributed by atoms with Gasteiger partial charge in [-0.1, -0.05) is 34.8 Å². The molecule has 0 aromatic heterocycles. The molecule has 21 heavy (non-hydrogen) atoms. The Labute approximate surface area is 133 Å². The number of hydrogen-bond acceptors (Lipinski definition) is 4. The van der Waals surface area contributed by atoms with Crippen molar-refractivity contribution in [1.82, 2.24) is 9.21 Å². The molecule has 1 fully saturated rings. The molecule has 5 nitrogen and oxygen atoms in total. The van der Waals surface area contributed by atoms with Gasteiger partial charge in [0.15, 0.2) is 0 Å². The first-order valence-electron chi connectivity index (χ1n) is 5.41. The van der Waals surface area contributed by atoms with Gasteiger partial charge in [-0.15, -0.1) is 0 Å². The Hall–Kier alpha value is 0.420. The van der Waals surface area contributed by atoms with Crippen LogP contribution in [0.25, 0.3) is 0 Å². The maximum Gasteiger partial charge on any atom is 0.448 e. The number of hydrogen-bond donors (Lipinski definition) is 0. The molecule has 0 bridgehead atoms. The van der Waals surface area contributed by atoms with Crippen molar-refractivity contribution in [2.45, 2.75) is 15.3 Å². The van der Waals surface area contributed by atoms with Gasteiger partial charge in [0, 0.05) is 26.2 Å². The van der Waals surface area contributed by atoms with Crippen LogP contribution in [0.3, 0.4) is 0 Å². The van der Waals surface area contributed by atoms with E-state index in [0.29, 0.717) is 0 Å². The van der Waals surface area contributed by atoms with Crippen LogP contribution >= 0.6 is 34.8 Å². The summed E-state index contributed by atoms with van der Waals surface area (Å²) in [5.74, 6) is 0. The molecule has 0 unspecified atom stereocenters. The van der Waals surface area contributed by atoms with Gasteiger partial charge < -0.3 is 4.90 Å². The SMILES string of the molecule is CN1CCN(S(=O)(=O)C(F)(F)C(F)(F)OC(Cl)(Cl)Cl)CC1. The Bertz CT molecular complexity index is 478. The molecule has 126 valence electrons. The first-order chi connectivity index (χ1) is 9.21. The van der Waals surface area contributed by atoms with E-state index < -0.39 is 25.4 Å². The smallest absolute Gasteiger partial charge is 0.304 e. The average molecular weight is 398 g/mol. The van der Waals surface area contributed by atoms with Gasteiger partial charge >= 0.3 is 15.3 Å². The molecule has 0 saturated carbocycles. The lowest BCUT2D eigenvalue weighted by atomic mass is 10.4. The molecule has 0 aliphatic carbocycles. The third-order valence-electron chi connectivity index (χ3n) is 2.71. The molecule has 1 aliphatic heterocycles. The Morgan fingerprint density at radius 2 is 1.43 bits per heavy atom. The molecule has 0 radical (unpaired) electrons. The Morgan fingerprint density at radius 3 is 1.81 bits per heavy atom. The average Bonchev–Trinajstić information content (AvgIpc) is 2.25. The van der Waals surface area contributed by atoms with E-state index in [9.17, 15) is 26.0 Å². The van der Waals surface area contributed by atoms with Crippen molar-refractivity contribution in [2.24, 2.45) is 0 Å². The summed E-state index contributed by atoms with van der Waals surface area (Å²) >= 11 is 14.6. The summed E-state index contributed by atoms with van der Waals surface area (Å²) in [6.07, 6.45) is -5.51. The lowest BCUT2D eigenvalue weighted by Gasteiger charge is -2.36. The highest BCUT2D eigenvalue weighted by molar-refractivity contribution is 7.90. The van der Waals surface area contributed by atoms with Crippen molar-refractivity contribution < 1.29 is 30.7 Å². The van der Waals surface area contributed by atoms with Crippen molar-refractivity contribution in [2.75, 3.05) is 33.2 Å². The largest absolute Gasteiger partial charge is 0.448 e. The molecule has 1 aliphatic rings. The monoisotopic (exact) mass is 396 g/mol. The molecular weight excluding hydrogens is 387 g/mol. The fourth-order valence-corrected chi connectivity index (χ4v) is 3.15. The molecule has 0 N–H and O–H groups in total. The van der Waals surface area contributed by atoms with Gasteiger partial charge in [-0.3, -0.25) is 4.74 Å².